The molecule has 2 N–H and O–H groups in total. The highest BCUT2D eigenvalue weighted by atomic mass is 19.3. The van der Waals surface area contributed by atoms with Gasteiger partial charge >= 0.3 is 0 Å². The van der Waals surface area contributed by atoms with Crippen LogP contribution in [0, 0.1) is 11.8 Å². The van der Waals surface area contributed by atoms with E-state index in [-0.39, 0.29) is 18.0 Å². The van der Waals surface area contributed by atoms with Crippen LogP contribution in [-0.4, -0.2) is 59.9 Å². The number of halogens is 2. The van der Waals surface area contributed by atoms with Crippen LogP contribution in [0.5, 0.6) is 0 Å². The summed E-state index contributed by atoms with van der Waals surface area (Å²) in [5.74, 6) is 1.20. The van der Waals surface area contributed by atoms with Crippen molar-refractivity contribution in [3.63, 3.8) is 0 Å². The number of nitrogens with zero attached hydrogens (tertiary/aromatic N) is 6. The number of carbonyl (C=O) groups excluding carboxylic acids is 1. The van der Waals surface area contributed by atoms with E-state index in [1.807, 2.05) is 23.1 Å². The molecule has 3 fully saturated rings. The number of pyridine rings is 2. The molecule has 0 aromatic carbocycles. The molecule has 10 heteroatoms. The molecule has 1 aliphatic heterocycles. The van der Waals surface area contributed by atoms with Crippen LogP contribution in [0.25, 0.3) is 33.7 Å². The number of carbonyl (C=O) groups is 1. The molecule has 0 unspecified atom stereocenters. The van der Waals surface area contributed by atoms with E-state index < -0.39 is 13.0 Å². The Hall–Kier alpha value is -3.40. The Morgan fingerprint density at radius 1 is 1.11 bits per heavy atom. The van der Waals surface area contributed by atoms with Crippen molar-refractivity contribution in [1.29, 1.82) is 0 Å². The Labute approximate surface area is 206 Å². The van der Waals surface area contributed by atoms with E-state index in [9.17, 15) is 13.6 Å². The lowest BCUT2D eigenvalue weighted by Gasteiger charge is -2.27. The van der Waals surface area contributed by atoms with E-state index >= 15 is 0 Å². The zero-order valence-corrected chi connectivity index (χ0v) is 19.7. The van der Waals surface area contributed by atoms with Crippen LogP contribution in [0.3, 0.4) is 0 Å². The summed E-state index contributed by atoms with van der Waals surface area (Å²) in [4.78, 5) is 29.0. The van der Waals surface area contributed by atoms with Crippen molar-refractivity contribution < 1.29 is 13.6 Å². The largest absolute Gasteiger partial charge is 0.334 e. The summed E-state index contributed by atoms with van der Waals surface area (Å²) in [6, 6.07) is 7.55. The molecule has 2 saturated carbocycles. The molecule has 3 atom stereocenters. The predicted octanol–water partition coefficient (Wildman–Crippen LogP) is 3.68. The second-order valence-corrected chi connectivity index (χ2v) is 10.4. The Morgan fingerprint density at radius 3 is 2.69 bits per heavy atom. The Kier molecular flexibility index (Phi) is 4.89. The van der Waals surface area contributed by atoms with Crippen LogP contribution >= 0.6 is 0 Å². The van der Waals surface area contributed by atoms with Crippen LogP contribution < -0.4 is 5.73 Å². The van der Waals surface area contributed by atoms with Gasteiger partial charge in [0, 0.05) is 43.0 Å². The van der Waals surface area contributed by atoms with Gasteiger partial charge in [-0.15, -0.1) is 0 Å². The third-order valence-electron chi connectivity index (χ3n) is 8.09. The first-order chi connectivity index (χ1) is 17.5. The van der Waals surface area contributed by atoms with Crippen molar-refractivity contribution in [3.05, 3.63) is 42.2 Å². The van der Waals surface area contributed by atoms with Crippen molar-refractivity contribution in [2.45, 2.75) is 57.3 Å². The maximum atomic E-state index is 13.7. The van der Waals surface area contributed by atoms with Crippen molar-refractivity contribution >= 4 is 28.1 Å². The number of amides is 1. The van der Waals surface area contributed by atoms with E-state index in [0.29, 0.717) is 40.9 Å². The number of nitrogens with two attached hydrogens (primary N) is 1. The van der Waals surface area contributed by atoms with Gasteiger partial charge in [0.1, 0.15) is 11.2 Å². The van der Waals surface area contributed by atoms with Crippen LogP contribution in [0.15, 0.2) is 36.7 Å². The maximum Gasteiger partial charge on any atom is 0.256 e. The van der Waals surface area contributed by atoms with E-state index in [0.717, 1.165) is 49.0 Å². The van der Waals surface area contributed by atoms with Crippen LogP contribution in [0.2, 0.25) is 0 Å². The minimum Gasteiger partial charge on any atom is -0.334 e. The number of alkyl halides is 2. The van der Waals surface area contributed by atoms with Gasteiger partial charge in [-0.1, -0.05) is 0 Å². The molecule has 1 saturated heterocycles. The molecule has 1 amide bonds. The van der Waals surface area contributed by atoms with Crippen molar-refractivity contribution in [1.82, 2.24) is 29.0 Å². The highest BCUT2D eigenvalue weighted by Crippen LogP contribution is 2.38. The van der Waals surface area contributed by atoms with Gasteiger partial charge in [0.2, 0.25) is 0 Å². The molecule has 4 aromatic heterocycles. The fourth-order valence-electron chi connectivity index (χ4n) is 6.10. The van der Waals surface area contributed by atoms with E-state index in [1.165, 1.54) is 10.8 Å². The normalized spacial score (nSPS) is 23.6. The Morgan fingerprint density at radius 2 is 1.97 bits per heavy atom. The third-order valence-corrected chi connectivity index (χ3v) is 8.09. The highest BCUT2D eigenvalue weighted by molar-refractivity contribution is 5.97. The fraction of sp³-hybridized carbons (Fsp3) is 0.462. The summed E-state index contributed by atoms with van der Waals surface area (Å²) in [5.41, 5.74) is 9.05. The molecule has 3 aliphatic rings. The summed E-state index contributed by atoms with van der Waals surface area (Å²) < 4.78 is 31.0. The van der Waals surface area contributed by atoms with Crippen LogP contribution in [0.1, 0.15) is 36.0 Å². The molecule has 186 valence electrons. The number of aromatic nitrogens is 5. The molecule has 2 bridgehead atoms. The summed E-state index contributed by atoms with van der Waals surface area (Å²) in [6.07, 6.45) is 4.91. The minimum atomic E-state index is -2.58. The number of piperidine rings is 1. The highest BCUT2D eigenvalue weighted by Gasteiger charge is 2.47. The summed E-state index contributed by atoms with van der Waals surface area (Å²) in [7, 11) is 0. The summed E-state index contributed by atoms with van der Waals surface area (Å²) in [6.45, 7) is 0.889. The molecule has 4 aromatic rings. The van der Waals surface area contributed by atoms with Gasteiger partial charge in [0.15, 0.2) is 11.5 Å². The zero-order chi connectivity index (χ0) is 24.6. The molecular weight excluding hydrogens is 464 g/mol. The van der Waals surface area contributed by atoms with Crippen molar-refractivity contribution in [2.24, 2.45) is 17.6 Å². The van der Waals surface area contributed by atoms with E-state index in [1.54, 1.807) is 12.3 Å². The lowest BCUT2D eigenvalue weighted by molar-refractivity contribution is 0.0700. The number of hydrogen-bond donors (Lipinski definition) is 1. The lowest BCUT2D eigenvalue weighted by atomic mass is 10.1. The molecular formula is C26H27F2N7O. The van der Waals surface area contributed by atoms with Gasteiger partial charge in [-0.2, -0.15) is 0 Å². The first-order valence-electron chi connectivity index (χ1n) is 12.6. The monoisotopic (exact) mass is 491 g/mol. The smallest absolute Gasteiger partial charge is 0.256 e. The first kappa shape index (κ1) is 21.8. The van der Waals surface area contributed by atoms with Crippen molar-refractivity contribution in [2.75, 3.05) is 6.54 Å². The second-order valence-electron chi connectivity index (χ2n) is 10.4. The number of fused-ring (bicyclic) bond motifs is 4. The molecule has 8 nitrogen and oxygen atoms in total. The van der Waals surface area contributed by atoms with Crippen LogP contribution in [-0.2, 0) is 13.1 Å². The molecule has 5 heterocycles. The number of hydrogen-bond acceptors (Lipinski definition) is 5. The first-order valence-corrected chi connectivity index (χ1v) is 12.6. The SMILES string of the molecule is N[C@@H]1[C@@H]2CC[C@H]1N(C(=O)c1cnc3c(c1)nc(-c1cc4cccnc4n1CC1CC1)n3CC(F)F)C2. The standard InChI is InChI=1S/C26H27F2N7O/c27-21(28)13-35-24-18(8-17(10-31-24)26(36)34-12-16-5-6-19(34)22(16)29)32-25(35)20-9-15-2-1-7-30-23(15)33(20)11-14-3-4-14/h1-2,7-10,14,16,19,21-22H,3-6,11-13,29H2/t16-,19-,22-/m1/s1. The second kappa shape index (κ2) is 8.06. The molecule has 0 spiro atoms. The Bertz CT molecular complexity index is 1490. The zero-order valence-electron chi connectivity index (χ0n) is 19.7. The average molecular weight is 492 g/mol. The van der Waals surface area contributed by atoms with Gasteiger partial charge in [-0.25, -0.2) is 23.7 Å². The van der Waals surface area contributed by atoms with Gasteiger partial charge in [-0.3, -0.25) is 4.79 Å². The van der Waals surface area contributed by atoms with Gasteiger partial charge in [0.25, 0.3) is 12.3 Å². The van der Waals surface area contributed by atoms with Crippen molar-refractivity contribution in [3.8, 4) is 11.5 Å². The van der Waals surface area contributed by atoms with Gasteiger partial charge < -0.3 is 19.8 Å². The predicted molar refractivity (Wildman–Crippen MR) is 131 cm³/mol. The quantitative estimate of drug-likeness (QED) is 0.444. The van der Waals surface area contributed by atoms with E-state index in [4.69, 9.17) is 10.7 Å². The molecule has 0 radical (unpaired) electrons. The summed E-state index contributed by atoms with van der Waals surface area (Å²) in [5, 5.41) is 0.938. The van der Waals surface area contributed by atoms with E-state index in [2.05, 4.69) is 14.5 Å². The third kappa shape index (κ3) is 3.42. The topological polar surface area (TPSA) is 94.9 Å². The maximum absolute atomic E-state index is 13.7. The lowest BCUT2D eigenvalue weighted by Crippen LogP contribution is -2.41. The molecule has 2 aliphatic carbocycles. The molecule has 7 rings (SSSR count). The molecule has 36 heavy (non-hydrogen) atoms. The summed E-state index contributed by atoms with van der Waals surface area (Å²) >= 11 is 0. The van der Waals surface area contributed by atoms with Crippen LogP contribution in [0.4, 0.5) is 8.78 Å². The minimum absolute atomic E-state index is 0.0180. The Balaban J connectivity index is 1.34. The fourth-order valence-corrected chi connectivity index (χ4v) is 6.10. The van der Waals surface area contributed by atoms with Gasteiger partial charge in [-0.05, 0) is 61.8 Å². The average Bonchev–Trinajstić information content (AvgIpc) is 3.25. The number of imidazole rings is 1. The van der Waals surface area contributed by atoms with Gasteiger partial charge in [0.05, 0.1) is 17.8 Å². The number of rotatable bonds is 6. The number of likely N-dealkylation sites (tertiary alicyclic amines) is 1.